The number of alkyl halides is 1. The van der Waals surface area contributed by atoms with Gasteiger partial charge in [0, 0.05) is 17.3 Å². The summed E-state index contributed by atoms with van der Waals surface area (Å²) in [4.78, 5) is 22.2. The quantitative estimate of drug-likeness (QED) is 0.323. The summed E-state index contributed by atoms with van der Waals surface area (Å²) in [6.07, 6.45) is 0. The van der Waals surface area contributed by atoms with Gasteiger partial charge in [-0.25, -0.2) is 9.59 Å². The Morgan fingerprint density at radius 1 is 1.09 bits per heavy atom. The zero-order valence-corrected chi connectivity index (χ0v) is 14.5. The predicted octanol–water partition coefficient (Wildman–Crippen LogP) is 2.74. The Labute approximate surface area is 144 Å². The summed E-state index contributed by atoms with van der Waals surface area (Å²) in [6.45, 7) is 3.24. The van der Waals surface area contributed by atoms with Crippen LogP contribution in [0.2, 0.25) is 0 Å². The van der Waals surface area contributed by atoms with Gasteiger partial charge in [0.15, 0.2) is 0 Å². The van der Waals surface area contributed by atoms with Gasteiger partial charge in [0.05, 0.1) is 20.3 Å². The van der Waals surface area contributed by atoms with Crippen LogP contribution < -0.4 is 4.74 Å². The Bertz CT molecular complexity index is 568. The molecule has 1 rings (SSSR count). The van der Waals surface area contributed by atoms with Crippen LogP contribution >= 0.6 is 23.4 Å². The molecule has 0 aliphatic heterocycles. The normalized spacial score (nSPS) is 11.8. The summed E-state index contributed by atoms with van der Waals surface area (Å²) in [7, 11) is 1.51. The van der Waals surface area contributed by atoms with Gasteiger partial charge in [-0.2, -0.15) is 4.51 Å². The molecule has 23 heavy (non-hydrogen) atoms. The Kier molecular flexibility index (Phi) is 7.32. The van der Waals surface area contributed by atoms with Gasteiger partial charge in [0.2, 0.25) is 0 Å². The zero-order valence-electron chi connectivity index (χ0n) is 13.0. The molecule has 0 amide bonds. The van der Waals surface area contributed by atoms with Gasteiger partial charge in [0.25, 0.3) is 4.87 Å². The summed E-state index contributed by atoms with van der Waals surface area (Å²) in [6, 6.07) is 6.36. The molecule has 126 valence electrons. The highest BCUT2D eigenvalue weighted by atomic mass is 35.5. The molecule has 0 bridgehead atoms. The zero-order chi connectivity index (χ0) is 17.5. The van der Waals surface area contributed by atoms with Crippen molar-refractivity contribution < 1.29 is 23.8 Å². The minimum Gasteiger partial charge on any atom is -0.497 e. The van der Waals surface area contributed by atoms with E-state index in [1.54, 1.807) is 38.1 Å². The van der Waals surface area contributed by atoms with E-state index in [4.69, 9.17) is 37.6 Å². The van der Waals surface area contributed by atoms with E-state index in [0.29, 0.717) is 11.3 Å². The van der Waals surface area contributed by atoms with Crippen molar-refractivity contribution in [3.63, 3.8) is 0 Å². The third kappa shape index (κ3) is 4.14. The maximum absolute atomic E-state index is 12.3. The molecule has 0 unspecified atom stereocenters. The van der Waals surface area contributed by atoms with E-state index in [9.17, 15) is 9.59 Å². The fourth-order valence-electron chi connectivity index (χ4n) is 1.79. The number of nitrogens with zero attached hydrogens (tertiary/aromatic N) is 1. The molecule has 1 aromatic carbocycles. The van der Waals surface area contributed by atoms with E-state index >= 15 is 0 Å². The Hall–Kier alpha value is -1.79. The van der Waals surface area contributed by atoms with Crippen LogP contribution in [0.3, 0.4) is 0 Å². The molecule has 0 fully saturated rings. The van der Waals surface area contributed by atoms with Gasteiger partial charge in [-0.15, -0.1) is 0 Å². The lowest BCUT2D eigenvalue weighted by atomic mass is 9.95. The van der Waals surface area contributed by atoms with E-state index in [0.717, 1.165) is 0 Å². The first kappa shape index (κ1) is 19.3. The van der Waals surface area contributed by atoms with Crippen molar-refractivity contribution in [2.45, 2.75) is 18.7 Å². The van der Waals surface area contributed by atoms with Gasteiger partial charge in [0.1, 0.15) is 11.5 Å². The van der Waals surface area contributed by atoms with E-state index in [1.807, 2.05) is 0 Å². The minimum atomic E-state index is -2.29. The molecule has 1 aromatic rings. The predicted molar refractivity (Wildman–Crippen MR) is 87.2 cm³/mol. The third-order valence-electron chi connectivity index (χ3n) is 2.89. The van der Waals surface area contributed by atoms with Gasteiger partial charge in [-0.3, -0.25) is 0 Å². The molecule has 8 heteroatoms. The van der Waals surface area contributed by atoms with Crippen LogP contribution in [0.1, 0.15) is 19.4 Å². The van der Waals surface area contributed by atoms with Crippen LogP contribution in [0.4, 0.5) is 0 Å². The third-order valence-corrected chi connectivity index (χ3v) is 3.54. The molecule has 0 N–H and O–H groups in total. The van der Waals surface area contributed by atoms with Crippen molar-refractivity contribution in [1.29, 1.82) is 0 Å². The summed E-state index contributed by atoms with van der Waals surface area (Å²) < 4.78 is 18.3. The van der Waals surface area contributed by atoms with Gasteiger partial charge in [-0.05, 0) is 38.1 Å². The van der Waals surface area contributed by atoms with Crippen LogP contribution in [-0.2, 0) is 19.1 Å². The van der Waals surface area contributed by atoms with Crippen LogP contribution in [0.25, 0.3) is 0 Å². The van der Waals surface area contributed by atoms with Crippen molar-refractivity contribution in [2.75, 3.05) is 20.3 Å². The average molecular weight is 362 g/mol. The van der Waals surface area contributed by atoms with Crippen molar-refractivity contribution in [3.8, 4) is 5.75 Å². The number of esters is 2. The van der Waals surface area contributed by atoms with E-state index < -0.39 is 16.8 Å². The molecular weight excluding hydrogens is 345 g/mol. The Morgan fingerprint density at radius 3 is 1.91 bits per heavy atom. The van der Waals surface area contributed by atoms with Gasteiger partial charge in [-0.1, -0.05) is 11.6 Å². The smallest absolute Gasteiger partial charge is 0.345 e. The lowest BCUT2D eigenvalue weighted by Crippen LogP contribution is -2.51. The second-order valence-electron chi connectivity index (χ2n) is 4.26. The highest BCUT2D eigenvalue weighted by Crippen LogP contribution is 2.28. The maximum atomic E-state index is 12.3. The van der Waals surface area contributed by atoms with E-state index in [2.05, 4.69) is 4.51 Å². The molecule has 0 aliphatic rings. The topological polar surface area (TPSA) is 74.2 Å². The summed E-state index contributed by atoms with van der Waals surface area (Å²) >= 11 is 11.9. The number of carbonyl (C=O) groups is 2. The standard InChI is InChI=1S/C15H17Cl2NO5/c1-4-22-13(19)15(16,14(20)23-5-2)12(18-17)10-6-8-11(21-3)9-7-10/h6-9H,4-5H2,1-3H3/b18-12+. The molecule has 0 radical (unpaired) electrons. The number of ether oxygens (including phenoxy) is 3. The van der Waals surface area contributed by atoms with Crippen molar-refractivity contribution >= 4 is 41.0 Å². The van der Waals surface area contributed by atoms with E-state index in [-0.39, 0.29) is 18.9 Å². The first-order chi connectivity index (χ1) is 10.9. The fraction of sp³-hybridized carbons (Fsp3) is 0.400. The maximum Gasteiger partial charge on any atom is 0.345 e. The minimum absolute atomic E-state index is 0.0326. The highest BCUT2D eigenvalue weighted by Gasteiger charge is 2.53. The Balaban J connectivity index is 3.35. The van der Waals surface area contributed by atoms with Crippen LogP contribution in [0, 0.1) is 0 Å². The first-order valence-electron chi connectivity index (χ1n) is 6.82. The molecule has 0 aromatic heterocycles. The largest absolute Gasteiger partial charge is 0.497 e. The van der Waals surface area contributed by atoms with Gasteiger partial charge >= 0.3 is 11.9 Å². The second-order valence-corrected chi connectivity index (χ2v) is 5.00. The number of carbonyl (C=O) groups excluding carboxylic acids is 2. The SMILES string of the molecule is CCOC(=O)C(Cl)(C(=O)OCC)/C(=N/Cl)c1ccc(OC)cc1. The number of halogens is 2. The molecule has 0 atom stereocenters. The van der Waals surface area contributed by atoms with E-state index in [1.165, 1.54) is 7.11 Å². The van der Waals surface area contributed by atoms with Crippen molar-refractivity contribution in [3.05, 3.63) is 29.8 Å². The number of methoxy groups -OCH3 is 1. The fourth-order valence-corrected chi connectivity index (χ4v) is 2.32. The van der Waals surface area contributed by atoms with Crippen LogP contribution in [-0.4, -0.2) is 42.8 Å². The molecule has 0 saturated heterocycles. The number of hydrogen-bond donors (Lipinski definition) is 0. The molecule has 6 nitrogen and oxygen atoms in total. The molecule has 0 heterocycles. The van der Waals surface area contributed by atoms with Crippen LogP contribution in [0.5, 0.6) is 5.75 Å². The van der Waals surface area contributed by atoms with Gasteiger partial charge < -0.3 is 14.2 Å². The molecule has 0 saturated carbocycles. The van der Waals surface area contributed by atoms with Crippen LogP contribution in [0.15, 0.2) is 28.8 Å². The first-order valence-corrected chi connectivity index (χ1v) is 7.54. The highest BCUT2D eigenvalue weighted by molar-refractivity contribution is 6.59. The molecular formula is C15H17Cl2NO5. The number of benzene rings is 1. The molecule has 0 aliphatic carbocycles. The summed E-state index contributed by atoms with van der Waals surface area (Å²) in [5.74, 6) is -1.43. The lowest BCUT2D eigenvalue weighted by Gasteiger charge is -2.24. The lowest BCUT2D eigenvalue weighted by molar-refractivity contribution is -0.155. The summed E-state index contributed by atoms with van der Waals surface area (Å²) in [5, 5.41) is 0. The van der Waals surface area contributed by atoms with Crippen molar-refractivity contribution in [2.24, 2.45) is 4.51 Å². The average Bonchev–Trinajstić information content (AvgIpc) is 2.56. The monoisotopic (exact) mass is 361 g/mol. The number of hydrogen-bond acceptors (Lipinski definition) is 6. The molecule has 0 spiro atoms. The summed E-state index contributed by atoms with van der Waals surface area (Å²) in [5.41, 5.74) is 0.178. The second kappa shape index (κ2) is 8.74. The Morgan fingerprint density at radius 2 is 1.57 bits per heavy atom. The number of rotatable bonds is 7. The van der Waals surface area contributed by atoms with Crippen molar-refractivity contribution in [1.82, 2.24) is 0 Å².